The highest BCUT2D eigenvalue weighted by molar-refractivity contribution is 4.96. The number of rotatable bonds is 4. The van der Waals surface area contributed by atoms with Crippen LogP contribution in [-0.2, 0) is 0 Å². The van der Waals surface area contributed by atoms with E-state index in [4.69, 9.17) is 0 Å². The van der Waals surface area contributed by atoms with Gasteiger partial charge in [0.15, 0.2) is 0 Å². The quantitative estimate of drug-likeness (QED) is 0.825. The molecular formula is C16H30N2. The van der Waals surface area contributed by atoms with E-state index in [1.54, 1.807) is 0 Å². The molecule has 3 atom stereocenters. The number of hydrogen-bond donors (Lipinski definition) is 1. The van der Waals surface area contributed by atoms with Gasteiger partial charge < -0.3 is 5.32 Å². The van der Waals surface area contributed by atoms with E-state index in [1.807, 2.05) is 0 Å². The third-order valence-corrected chi connectivity index (χ3v) is 5.54. The molecule has 0 aromatic rings. The van der Waals surface area contributed by atoms with Crippen LogP contribution in [0.1, 0.15) is 52.9 Å². The van der Waals surface area contributed by atoms with E-state index in [0.717, 1.165) is 23.9 Å². The second-order valence-corrected chi connectivity index (χ2v) is 7.93. The highest BCUT2D eigenvalue weighted by Gasteiger charge is 2.41. The molecule has 18 heavy (non-hydrogen) atoms. The Morgan fingerprint density at radius 3 is 2.33 bits per heavy atom. The van der Waals surface area contributed by atoms with Crippen LogP contribution in [0.15, 0.2) is 0 Å². The molecule has 2 saturated carbocycles. The van der Waals surface area contributed by atoms with Gasteiger partial charge >= 0.3 is 0 Å². The van der Waals surface area contributed by atoms with Crippen LogP contribution in [0.3, 0.4) is 0 Å². The van der Waals surface area contributed by atoms with Gasteiger partial charge in [0, 0.05) is 18.6 Å². The molecule has 1 heterocycles. The zero-order chi connectivity index (χ0) is 12.8. The normalized spacial score (nSPS) is 37.8. The van der Waals surface area contributed by atoms with E-state index in [2.05, 4.69) is 31.0 Å². The van der Waals surface area contributed by atoms with Gasteiger partial charge in [-0.15, -0.1) is 0 Å². The van der Waals surface area contributed by atoms with Crippen molar-refractivity contribution in [3.63, 3.8) is 0 Å². The SMILES string of the molecule is CC(C)(C)C1CCN(C2CCC2CNC2CC2)C1. The average Bonchev–Trinajstić information content (AvgIpc) is 2.93. The fraction of sp³-hybridized carbons (Fsp3) is 1.00. The standard InChI is InChI=1S/C16H30N2/c1-16(2,3)13-8-9-18(11-13)15-7-4-12(15)10-17-14-5-6-14/h12-15,17H,4-11H2,1-3H3. The van der Waals surface area contributed by atoms with Crippen LogP contribution in [0.2, 0.25) is 0 Å². The van der Waals surface area contributed by atoms with E-state index < -0.39 is 0 Å². The fourth-order valence-corrected chi connectivity index (χ4v) is 3.67. The largest absolute Gasteiger partial charge is 0.314 e. The second-order valence-electron chi connectivity index (χ2n) is 7.93. The summed E-state index contributed by atoms with van der Waals surface area (Å²) in [6.07, 6.45) is 7.18. The molecular weight excluding hydrogens is 220 g/mol. The first-order valence-electron chi connectivity index (χ1n) is 8.01. The molecule has 2 nitrogen and oxygen atoms in total. The summed E-state index contributed by atoms with van der Waals surface area (Å²) in [4.78, 5) is 2.80. The maximum Gasteiger partial charge on any atom is 0.0136 e. The van der Waals surface area contributed by atoms with Gasteiger partial charge in [0.1, 0.15) is 0 Å². The maximum absolute atomic E-state index is 3.73. The molecule has 0 spiro atoms. The second kappa shape index (κ2) is 4.79. The van der Waals surface area contributed by atoms with Crippen LogP contribution < -0.4 is 5.32 Å². The first-order chi connectivity index (χ1) is 8.54. The van der Waals surface area contributed by atoms with Crippen molar-refractivity contribution in [2.75, 3.05) is 19.6 Å². The van der Waals surface area contributed by atoms with E-state index in [9.17, 15) is 0 Å². The molecule has 1 saturated heterocycles. The fourth-order valence-electron chi connectivity index (χ4n) is 3.67. The molecule has 3 fully saturated rings. The Labute approximate surface area is 113 Å². The predicted octanol–water partition coefficient (Wildman–Crippen LogP) is 2.89. The van der Waals surface area contributed by atoms with Gasteiger partial charge in [-0.3, -0.25) is 4.90 Å². The van der Waals surface area contributed by atoms with Gasteiger partial charge in [0.05, 0.1) is 0 Å². The first kappa shape index (κ1) is 12.9. The van der Waals surface area contributed by atoms with Crippen molar-refractivity contribution >= 4 is 0 Å². The zero-order valence-electron chi connectivity index (χ0n) is 12.4. The van der Waals surface area contributed by atoms with Gasteiger partial charge in [0.25, 0.3) is 0 Å². The lowest BCUT2D eigenvalue weighted by Crippen LogP contribution is -2.50. The molecule has 0 amide bonds. The third-order valence-electron chi connectivity index (χ3n) is 5.54. The van der Waals surface area contributed by atoms with E-state index >= 15 is 0 Å². The Bertz CT molecular complexity index is 290. The minimum absolute atomic E-state index is 0.500. The van der Waals surface area contributed by atoms with Gasteiger partial charge in [-0.05, 0) is 62.4 Å². The topological polar surface area (TPSA) is 15.3 Å². The Hall–Kier alpha value is -0.0800. The van der Waals surface area contributed by atoms with Gasteiger partial charge in [-0.25, -0.2) is 0 Å². The van der Waals surface area contributed by atoms with Crippen molar-refractivity contribution in [1.82, 2.24) is 10.2 Å². The monoisotopic (exact) mass is 250 g/mol. The summed E-state index contributed by atoms with van der Waals surface area (Å²) in [5.41, 5.74) is 0.500. The summed E-state index contributed by atoms with van der Waals surface area (Å²) in [7, 11) is 0. The molecule has 2 heteroatoms. The number of hydrogen-bond acceptors (Lipinski definition) is 2. The predicted molar refractivity (Wildman–Crippen MR) is 76.7 cm³/mol. The Morgan fingerprint density at radius 1 is 1.06 bits per heavy atom. The summed E-state index contributed by atoms with van der Waals surface area (Å²) in [5, 5.41) is 3.73. The molecule has 3 rings (SSSR count). The molecule has 1 N–H and O–H groups in total. The molecule has 1 aliphatic heterocycles. The molecule has 0 aromatic heterocycles. The summed E-state index contributed by atoms with van der Waals surface area (Å²) in [6.45, 7) is 11.2. The smallest absolute Gasteiger partial charge is 0.0136 e. The molecule has 0 aromatic carbocycles. The lowest BCUT2D eigenvalue weighted by atomic mass is 9.77. The molecule has 0 bridgehead atoms. The van der Waals surface area contributed by atoms with Crippen LogP contribution in [0.5, 0.6) is 0 Å². The van der Waals surface area contributed by atoms with Crippen molar-refractivity contribution < 1.29 is 0 Å². The number of likely N-dealkylation sites (tertiary alicyclic amines) is 1. The van der Waals surface area contributed by atoms with Crippen molar-refractivity contribution in [2.45, 2.75) is 65.0 Å². The molecule has 2 aliphatic carbocycles. The van der Waals surface area contributed by atoms with Crippen molar-refractivity contribution in [2.24, 2.45) is 17.3 Å². The Kier molecular flexibility index (Phi) is 3.44. The minimum Gasteiger partial charge on any atom is -0.314 e. The molecule has 3 aliphatic rings. The lowest BCUT2D eigenvalue weighted by Gasteiger charge is -2.43. The van der Waals surface area contributed by atoms with Gasteiger partial charge in [-0.2, -0.15) is 0 Å². The average molecular weight is 250 g/mol. The summed E-state index contributed by atoms with van der Waals surface area (Å²) in [6, 6.07) is 1.79. The zero-order valence-corrected chi connectivity index (χ0v) is 12.4. The van der Waals surface area contributed by atoms with Crippen molar-refractivity contribution in [3.8, 4) is 0 Å². The van der Waals surface area contributed by atoms with Gasteiger partial charge in [-0.1, -0.05) is 20.8 Å². The Morgan fingerprint density at radius 2 is 1.83 bits per heavy atom. The Balaban J connectivity index is 1.47. The van der Waals surface area contributed by atoms with Crippen LogP contribution in [0.25, 0.3) is 0 Å². The number of nitrogens with zero attached hydrogens (tertiary/aromatic N) is 1. The van der Waals surface area contributed by atoms with E-state index in [0.29, 0.717) is 5.41 Å². The molecule has 0 radical (unpaired) electrons. The molecule has 3 unspecified atom stereocenters. The summed E-state index contributed by atoms with van der Waals surface area (Å²) < 4.78 is 0. The van der Waals surface area contributed by atoms with Gasteiger partial charge in [0.2, 0.25) is 0 Å². The highest BCUT2D eigenvalue weighted by Crippen LogP contribution is 2.40. The van der Waals surface area contributed by atoms with Crippen LogP contribution >= 0.6 is 0 Å². The van der Waals surface area contributed by atoms with Crippen molar-refractivity contribution in [1.29, 1.82) is 0 Å². The maximum atomic E-state index is 3.73. The highest BCUT2D eigenvalue weighted by atomic mass is 15.2. The lowest BCUT2D eigenvalue weighted by molar-refractivity contribution is 0.0725. The summed E-state index contributed by atoms with van der Waals surface area (Å²) >= 11 is 0. The van der Waals surface area contributed by atoms with Crippen LogP contribution in [0, 0.1) is 17.3 Å². The number of nitrogens with one attached hydrogen (secondary N) is 1. The first-order valence-corrected chi connectivity index (χ1v) is 8.01. The van der Waals surface area contributed by atoms with Crippen LogP contribution in [0.4, 0.5) is 0 Å². The van der Waals surface area contributed by atoms with E-state index in [-0.39, 0.29) is 0 Å². The third kappa shape index (κ3) is 2.75. The molecule has 104 valence electrons. The summed E-state index contributed by atoms with van der Waals surface area (Å²) in [5.74, 6) is 1.86. The van der Waals surface area contributed by atoms with Crippen LogP contribution in [-0.4, -0.2) is 36.6 Å². The van der Waals surface area contributed by atoms with E-state index in [1.165, 1.54) is 51.7 Å². The van der Waals surface area contributed by atoms with Crippen molar-refractivity contribution in [3.05, 3.63) is 0 Å². The minimum atomic E-state index is 0.500.